The number of aromatic carboxylic acids is 1. The van der Waals surface area contributed by atoms with Gasteiger partial charge in [-0.25, -0.2) is 14.0 Å². The molecule has 1 aliphatic rings. The number of alkyl halides is 1. The fourth-order valence-electron chi connectivity index (χ4n) is 4.39. The number of likely N-dealkylation sites (tertiary alicyclic amines) is 1. The maximum Gasteiger partial charge on any atom is 0.335 e. The van der Waals surface area contributed by atoms with Crippen molar-refractivity contribution in [3.8, 4) is 5.75 Å². The van der Waals surface area contributed by atoms with E-state index in [4.69, 9.17) is 21.4 Å². The van der Waals surface area contributed by atoms with Gasteiger partial charge in [-0.15, -0.1) is 0 Å². The predicted molar refractivity (Wildman–Crippen MR) is 148 cm³/mol. The van der Waals surface area contributed by atoms with Crippen molar-refractivity contribution in [3.63, 3.8) is 0 Å². The van der Waals surface area contributed by atoms with Crippen LogP contribution in [0, 0.1) is 0 Å². The van der Waals surface area contributed by atoms with Crippen molar-refractivity contribution >= 4 is 46.6 Å². The van der Waals surface area contributed by atoms with Gasteiger partial charge in [0.25, 0.3) is 0 Å². The van der Waals surface area contributed by atoms with Crippen molar-refractivity contribution in [3.05, 3.63) is 82.9 Å². The van der Waals surface area contributed by atoms with Gasteiger partial charge in [-0.2, -0.15) is 0 Å². The number of amides is 3. The maximum absolute atomic E-state index is 14.3. The number of para-hydroxylation sites is 1. The number of carbonyl (C=O) groups is 3. The number of urea groups is 1. The number of nitrogens with zero attached hydrogens (tertiary/aromatic N) is 1. The fraction of sp³-hybridized carbons (Fsp3) is 0.250. The molecule has 1 fully saturated rings. The summed E-state index contributed by atoms with van der Waals surface area (Å²) >= 11 is 6.09. The largest absolute Gasteiger partial charge is 0.495 e. The number of hydrogen-bond acceptors (Lipinski definition) is 5. The lowest BCUT2D eigenvalue weighted by atomic mass is 10.1. The molecule has 39 heavy (non-hydrogen) atoms. The first-order valence-corrected chi connectivity index (χ1v) is 12.6. The van der Waals surface area contributed by atoms with Gasteiger partial charge in [0, 0.05) is 18.7 Å². The molecule has 2 atom stereocenters. The highest BCUT2D eigenvalue weighted by Crippen LogP contribution is 2.28. The van der Waals surface area contributed by atoms with E-state index in [2.05, 4.69) is 16.0 Å². The zero-order valence-corrected chi connectivity index (χ0v) is 21.9. The van der Waals surface area contributed by atoms with E-state index in [1.54, 1.807) is 54.6 Å². The normalized spacial score (nSPS) is 16.4. The Morgan fingerprint density at radius 3 is 2.46 bits per heavy atom. The molecule has 204 valence electrons. The zero-order chi connectivity index (χ0) is 27.9. The van der Waals surface area contributed by atoms with Gasteiger partial charge in [0.05, 0.1) is 48.1 Å². The van der Waals surface area contributed by atoms with E-state index in [-0.39, 0.29) is 36.9 Å². The number of nitrogens with one attached hydrogen (secondary N) is 3. The summed E-state index contributed by atoms with van der Waals surface area (Å²) in [6.45, 7) is 0.327. The first-order chi connectivity index (χ1) is 18.7. The average molecular weight is 555 g/mol. The fourth-order valence-corrected chi connectivity index (χ4v) is 4.57. The molecule has 3 aromatic rings. The molecule has 0 aliphatic carbocycles. The summed E-state index contributed by atoms with van der Waals surface area (Å²) in [6.07, 6.45) is -0.898. The van der Waals surface area contributed by atoms with Gasteiger partial charge >= 0.3 is 12.0 Å². The van der Waals surface area contributed by atoms with Crippen molar-refractivity contribution in [1.29, 1.82) is 0 Å². The smallest absolute Gasteiger partial charge is 0.335 e. The standard InChI is InChI=1S/C28H28ClFN4O5/c1-39-25-12-17(6-11-24(25)33-28(38)32-23-5-3-2-4-22(23)29)13-26(35)34-16-19(30)14-21(34)15-31-20-9-7-18(8-10-20)27(36)37/h2-12,19,21,31H,13-16H2,1H3,(H,36,37)(H2,32,33,38). The van der Waals surface area contributed by atoms with E-state index in [1.165, 1.54) is 24.1 Å². The summed E-state index contributed by atoms with van der Waals surface area (Å²) in [5.74, 6) is -0.889. The molecular weight excluding hydrogens is 527 g/mol. The third-order valence-electron chi connectivity index (χ3n) is 6.35. The number of carboxylic acids is 1. The van der Waals surface area contributed by atoms with Crippen LogP contribution >= 0.6 is 11.6 Å². The summed E-state index contributed by atoms with van der Waals surface area (Å²) in [4.78, 5) is 38.1. The van der Waals surface area contributed by atoms with Crippen molar-refractivity contribution in [2.75, 3.05) is 36.1 Å². The highest BCUT2D eigenvalue weighted by Gasteiger charge is 2.35. The summed E-state index contributed by atoms with van der Waals surface area (Å²) in [6, 6.07) is 17.2. The Labute approximate surface area is 229 Å². The van der Waals surface area contributed by atoms with Crippen LogP contribution in [-0.4, -0.2) is 60.3 Å². The third kappa shape index (κ3) is 7.17. The van der Waals surface area contributed by atoms with Crippen molar-refractivity contribution in [2.45, 2.75) is 25.1 Å². The number of anilines is 3. The van der Waals surface area contributed by atoms with Crippen LogP contribution < -0.4 is 20.7 Å². The number of halogens is 2. The molecule has 0 radical (unpaired) electrons. The second kappa shape index (κ2) is 12.5. The monoisotopic (exact) mass is 554 g/mol. The number of benzene rings is 3. The van der Waals surface area contributed by atoms with E-state index in [0.717, 1.165) is 0 Å². The molecule has 3 aromatic carbocycles. The van der Waals surface area contributed by atoms with Gasteiger partial charge in [0.1, 0.15) is 11.9 Å². The molecular formula is C28H28ClFN4O5. The number of ether oxygens (including phenoxy) is 1. The van der Waals surface area contributed by atoms with Gasteiger partial charge in [-0.1, -0.05) is 29.8 Å². The molecule has 1 heterocycles. The molecule has 1 saturated heterocycles. The summed E-state index contributed by atoms with van der Waals surface area (Å²) in [5.41, 5.74) is 2.35. The number of methoxy groups -OCH3 is 1. The molecule has 0 saturated carbocycles. The van der Waals surface area contributed by atoms with Gasteiger partial charge in [0.15, 0.2) is 0 Å². The van der Waals surface area contributed by atoms with Crippen molar-refractivity contribution < 1.29 is 28.6 Å². The second-order valence-electron chi connectivity index (χ2n) is 9.07. The van der Waals surface area contributed by atoms with Crippen LogP contribution in [0.4, 0.5) is 26.2 Å². The van der Waals surface area contributed by atoms with Crippen molar-refractivity contribution in [1.82, 2.24) is 4.90 Å². The third-order valence-corrected chi connectivity index (χ3v) is 6.68. The number of hydrogen-bond donors (Lipinski definition) is 4. The lowest BCUT2D eigenvalue weighted by molar-refractivity contribution is -0.131. The minimum atomic E-state index is -1.13. The molecule has 1 aliphatic heterocycles. The topological polar surface area (TPSA) is 120 Å². The summed E-state index contributed by atoms with van der Waals surface area (Å²) in [7, 11) is 1.46. The first kappa shape index (κ1) is 27.7. The predicted octanol–water partition coefficient (Wildman–Crippen LogP) is 5.28. The SMILES string of the molecule is COc1cc(CC(=O)N2CC(F)CC2CNc2ccc(C(=O)O)cc2)ccc1NC(=O)Nc1ccccc1Cl. The Morgan fingerprint density at radius 2 is 1.77 bits per heavy atom. The van der Waals surface area contributed by atoms with E-state index in [1.807, 2.05) is 0 Å². The molecule has 4 rings (SSSR count). The average Bonchev–Trinajstić information content (AvgIpc) is 3.30. The summed E-state index contributed by atoms with van der Waals surface area (Å²) in [5, 5.41) is 18.0. The van der Waals surface area contributed by atoms with E-state index < -0.39 is 18.2 Å². The minimum absolute atomic E-state index is 0.00211. The first-order valence-electron chi connectivity index (χ1n) is 12.2. The molecule has 2 unspecified atom stereocenters. The Balaban J connectivity index is 1.37. The molecule has 0 aromatic heterocycles. The molecule has 4 N–H and O–H groups in total. The van der Waals surface area contributed by atoms with Gasteiger partial charge < -0.3 is 30.7 Å². The highest BCUT2D eigenvalue weighted by atomic mass is 35.5. The molecule has 0 bridgehead atoms. The van der Waals surface area contributed by atoms with Crippen LogP contribution in [0.2, 0.25) is 5.02 Å². The van der Waals surface area contributed by atoms with Crippen LogP contribution in [0.15, 0.2) is 66.7 Å². The van der Waals surface area contributed by atoms with Crippen LogP contribution in [0.3, 0.4) is 0 Å². The molecule has 3 amide bonds. The van der Waals surface area contributed by atoms with Gasteiger partial charge in [-0.3, -0.25) is 4.79 Å². The lowest BCUT2D eigenvalue weighted by Gasteiger charge is -2.25. The molecule has 11 heteroatoms. The summed E-state index contributed by atoms with van der Waals surface area (Å²) < 4.78 is 19.7. The quantitative estimate of drug-likeness (QED) is 0.285. The Kier molecular flexibility index (Phi) is 8.88. The van der Waals surface area contributed by atoms with E-state index in [9.17, 15) is 18.8 Å². The van der Waals surface area contributed by atoms with Gasteiger partial charge in [0.2, 0.25) is 5.91 Å². The van der Waals surface area contributed by atoms with Crippen molar-refractivity contribution in [2.24, 2.45) is 0 Å². The minimum Gasteiger partial charge on any atom is -0.495 e. The Bertz CT molecular complexity index is 1350. The highest BCUT2D eigenvalue weighted by molar-refractivity contribution is 6.33. The van der Waals surface area contributed by atoms with E-state index >= 15 is 0 Å². The van der Waals surface area contributed by atoms with Crippen LogP contribution in [0.5, 0.6) is 5.75 Å². The maximum atomic E-state index is 14.3. The number of rotatable bonds is 9. The Hall–Kier alpha value is -4.31. The van der Waals surface area contributed by atoms with Crippen LogP contribution in [-0.2, 0) is 11.2 Å². The zero-order valence-electron chi connectivity index (χ0n) is 21.1. The van der Waals surface area contributed by atoms with Crippen LogP contribution in [0.25, 0.3) is 0 Å². The van der Waals surface area contributed by atoms with Gasteiger partial charge in [-0.05, 0) is 54.1 Å². The second-order valence-corrected chi connectivity index (χ2v) is 9.47. The molecule has 9 nitrogen and oxygen atoms in total. The Morgan fingerprint density at radius 1 is 1.05 bits per heavy atom. The number of carbonyl (C=O) groups excluding carboxylic acids is 2. The molecule has 0 spiro atoms. The van der Waals surface area contributed by atoms with E-state index in [0.29, 0.717) is 39.9 Å². The van der Waals surface area contributed by atoms with Crippen LogP contribution in [0.1, 0.15) is 22.3 Å². The number of carboxylic acid groups (broad SMARTS) is 1. The lowest BCUT2D eigenvalue weighted by Crippen LogP contribution is -2.40.